The number of rotatable bonds is 3. The molecule has 0 aromatic heterocycles. The van der Waals surface area contributed by atoms with E-state index in [1.807, 2.05) is 0 Å². The second-order valence-corrected chi connectivity index (χ2v) is 3.98. The molecule has 0 fully saturated rings. The summed E-state index contributed by atoms with van der Waals surface area (Å²) in [4.78, 5) is 0. The third kappa shape index (κ3) is 2.02. The van der Waals surface area contributed by atoms with Gasteiger partial charge in [-0.15, -0.1) is 0 Å². The molecular weight excluding hydrogens is 182 g/mol. The van der Waals surface area contributed by atoms with Gasteiger partial charge in [-0.05, 0) is 48.2 Å². The lowest BCUT2D eigenvalue weighted by Crippen LogP contribution is -2.00. The van der Waals surface area contributed by atoms with Gasteiger partial charge >= 0.3 is 0 Å². The zero-order valence-corrected chi connectivity index (χ0v) is 9.16. The Balaban J connectivity index is 2.51. The molecule has 2 aromatic carbocycles. The van der Waals surface area contributed by atoms with Crippen LogP contribution in [0.1, 0.15) is 17.5 Å². The molecule has 2 aromatic rings. The largest absolute Gasteiger partial charge is 0.330 e. The van der Waals surface area contributed by atoms with E-state index >= 15 is 0 Å². The van der Waals surface area contributed by atoms with Gasteiger partial charge in [-0.25, -0.2) is 0 Å². The van der Waals surface area contributed by atoms with E-state index in [9.17, 15) is 0 Å². The van der Waals surface area contributed by atoms with Crippen molar-refractivity contribution < 1.29 is 0 Å². The van der Waals surface area contributed by atoms with Crippen molar-refractivity contribution in [3.05, 3.63) is 47.5 Å². The maximum absolute atomic E-state index is 5.55. The number of aryl methyl sites for hydroxylation is 2. The second-order valence-electron chi connectivity index (χ2n) is 3.98. The average Bonchev–Trinajstić information content (AvgIpc) is 2.29. The second kappa shape index (κ2) is 4.45. The molecule has 1 heteroatoms. The molecule has 0 aliphatic rings. The van der Waals surface area contributed by atoms with Gasteiger partial charge in [-0.2, -0.15) is 0 Å². The van der Waals surface area contributed by atoms with Crippen molar-refractivity contribution in [2.24, 2.45) is 5.73 Å². The standard InChI is InChI=1S/C14H17N/c1-11-8-9-12(5-4-10-15)14-7-3-2-6-13(11)14/h2-3,6-9H,4-5,10,15H2,1H3. The minimum Gasteiger partial charge on any atom is -0.330 e. The van der Waals surface area contributed by atoms with Gasteiger partial charge in [-0.3, -0.25) is 0 Å². The molecule has 0 bridgehead atoms. The van der Waals surface area contributed by atoms with E-state index in [-0.39, 0.29) is 0 Å². The summed E-state index contributed by atoms with van der Waals surface area (Å²) in [6.07, 6.45) is 2.14. The summed E-state index contributed by atoms with van der Waals surface area (Å²) in [5, 5.41) is 2.75. The summed E-state index contributed by atoms with van der Waals surface area (Å²) in [7, 11) is 0. The smallest absolute Gasteiger partial charge is 0.00741 e. The van der Waals surface area contributed by atoms with Gasteiger partial charge in [0.25, 0.3) is 0 Å². The van der Waals surface area contributed by atoms with Crippen LogP contribution in [0.15, 0.2) is 36.4 Å². The number of fused-ring (bicyclic) bond motifs is 1. The Morgan fingerprint density at radius 1 is 1.00 bits per heavy atom. The van der Waals surface area contributed by atoms with Crippen LogP contribution in [0, 0.1) is 6.92 Å². The zero-order chi connectivity index (χ0) is 10.7. The first-order chi connectivity index (χ1) is 7.33. The van der Waals surface area contributed by atoms with E-state index in [0.717, 1.165) is 19.4 Å². The van der Waals surface area contributed by atoms with Crippen LogP contribution in [0.25, 0.3) is 10.8 Å². The molecule has 0 aliphatic heterocycles. The maximum atomic E-state index is 5.55. The maximum Gasteiger partial charge on any atom is -0.00741 e. The third-order valence-corrected chi connectivity index (χ3v) is 2.88. The lowest BCUT2D eigenvalue weighted by molar-refractivity contribution is 0.837. The molecular formula is C14H17N. The summed E-state index contributed by atoms with van der Waals surface area (Å²) >= 11 is 0. The van der Waals surface area contributed by atoms with Crippen LogP contribution in [-0.2, 0) is 6.42 Å². The molecule has 0 radical (unpaired) electrons. The van der Waals surface area contributed by atoms with Crippen LogP contribution in [0.4, 0.5) is 0 Å². The van der Waals surface area contributed by atoms with Crippen molar-refractivity contribution in [1.82, 2.24) is 0 Å². The van der Waals surface area contributed by atoms with E-state index in [4.69, 9.17) is 5.73 Å². The quantitative estimate of drug-likeness (QED) is 0.807. The van der Waals surface area contributed by atoms with Crippen molar-refractivity contribution in [3.8, 4) is 0 Å². The highest BCUT2D eigenvalue weighted by atomic mass is 14.5. The zero-order valence-electron chi connectivity index (χ0n) is 9.16. The van der Waals surface area contributed by atoms with Crippen molar-refractivity contribution >= 4 is 10.8 Å². The summed E-state index contributed by atoms with van der Waals surface area (Å²) in [6, 6.07) is 13.0. The topological polar surface area (TPSA) is 26.0 Å². The van der Waals surface area contributed by atoms with E-state index in [1.54, 1.807) is 0 Å². The lowest BCUT2D eigenvalue weighted by atomic mass is 9.98. The normalized spacial score (nSPS) is 10.8. The number of hydrogen-bond acceptors (Lipinski definition) is 1. The van der Waals surface area contributed by atoms with Crippen LogP contribution in [0.3, 0.4) is 0 Å². The first-order valence-electron chi connectivity index (χ1n) is 5.50. The summed E-state index contributed by atoms with van der Waals surface area (Å²) in [5.41, 5.74) is 8.32. The van der Waals surface area contributed by atoms with Crippen molar-refractivity contribution in [1.29, 1.82) is 0 Å². The molecule has 0 amide bonds. The molecule has 1 nitrogen and oxygen atoms in total. The highest BCUT2D eigenvalue weighted by Crippen LogP contribution is 2.23. The first kappa shape index (κ1) is 10.2. The SMILES string of the molecule is Cc1ccc(CCCN)c2ccccc12. The average molecular weight is 199 g/mol. The van der Waals surface area contributed by atoms with Crippen molar-refractivity contribution in [2.75, 3.05) is 6.54 Å². The van der Waals surface area contributed by atoms with E-state index in [0.29, 0.717) is 0 Å². The molecule has 2 rings (SSSR count). The van der Waals surface area contributed by atoms with Crippen molar-refractivity contribution in [2.45, 2.75) is 19.8 Å². The van der Waals surface area contributed by atoms with Gasteiger partial charge in [-0.1, -0.05) is 36.4 Å². The van der Waals surface area contributed by atoms with E-state index < -0.39 is 0 Å². The fourth-order valence-corrected chi connectivity index (χ4v) is 2.02. The van der Waals surface area contributed by atoms with Gasteiger partial charge in [0.2, 0.25) is 0 Å². The molecule has 78 valence electrons. The summed E-state index contributed by atoms with van der Waals surface area (Å²) in [5.74, 6) is 0. The Hall–Kier alpha value is -1.34. The van der Waals surface area contributed by atoms with Crippen LogP contribution >= 0.6 is 0 Å². The van der Waals surface area contributed by atoms with Crippen LogP contribution in [0.5, 0.6) is 0 Å². The molecule has 15 heavy (non-hydrogen) atoms. The van der Waals surface area contributed by atoms with E-state index in [2.05, 4.69) is 43.3 Å². The number of nitrogens with two attached hydrogens (primary N) is 1. The highest BCUT2D eigenvalue weighted by molar-refractivity contribution is 5.88. The number of hydrogen-bond donors (Lipinski definition) is 1. The van der Waals surface area contributed by atoms with Gasteiger partial charge in [0.05, 0.1) is 0 Å². The minimum atomic E-state index is 0.766. The van der Waals surface area contributed by atoms with Gasteiger partial charge in [0, 0.05) is 0 Å². The monoisotopic (exact) mass is 199 g/mol. The Morgan fingerprint density at radius 3 is 2.47 bits per heavy atom. The fraction of sp³-hybridized carbons (Fsp3) is 0.286. The Bertz CT molecular complexity index is 460. The van der Waals surface area contributed by atoms with Crippen LogP contribution in [0.2, 0.25) is 0 Å². The molecule has 0 saturated carbocycles. The van der Waals surface area contributed by atoms with Gasteiger partial charge < -0.3 is 5.73 Å². The molecule has 0 saturated heterocycles. The Kier molecular flexibility index (Phi) is 3.02. The minimum absolute atomic E-state index is 0.766. The molecule has 0 heterocycles. The predicted molar refractivity (Wildman–Crippen MR) is 66.1 cm³/mol. The third-order valence-electron chi connectivity index (χ3n) is 2.88. The highest BCUT2D eigenvalue weighted by Gasteiger charge is 2.01. The van der Waals surface area contributed by atoms with Crippen LogP contribution < -0.4 is 5.73 Å². The summed E-state index contributed by atoms with van der Waals surface area (Å²) in [6.45, 7) is 2.93. The molecule has 0 atom stereocenters. The fourth-order valence-electron chi connectivity index (χ4n) is 2.02. The molecule has 0 spiro atoms. The van der Waals surface area contributed by atoms with Crippen LogP contribution in [-0.4, -0.2) is 6.54 Å². The van der Waals surface area contributed by atoms with Gasteiger partial charge in [0.1, 0.15) is 0 Å². The molecule has 0 aliphatic carbocycles. The lowest BCUT2D eigenvalue weighted by Gasteiger charge is -2.08. The van der Waals surface area contributed by atoms with E-state index in [1.165, 1.54) is 21.9 Å². The Morgan fingerprint density at radius 2 is 1.73 bits per heavy atom. The summed E-state index contributed by atoms with van der Waals surface area (Å²) < 4.78 is 0. The van der Waals surface area contributed by atoms with Crippen molar-refractivity contribution in [3.63, 3.8) is 0 Å². The Labute approximate surface area is 90.9 Å². The predicted octanol–water partition coefficient (Wildman–Crippen LogP) is 3.04. The number of benzene rings is 2. The molecule has 2 N–H and O–H groups in total. The first-order valence-corrected chi connectivity index (χ1v) is 5.50. The van der Waals surface area contributed by atoms with Gasteiger partial charge in [0.15, 0.2) is 0 Å². The molecule has 0 unspecified atom stereocenters.